The molecule has 0 saturated carbocycles. The predicted octanol–water partition coefficient (Wildman–Crippen LogP) is -0.0136. The molecule has 5 aromatic rings. The highest BCUT2D eigenvalue weighted by molar-refractivity contribution is 7.18. The summed E-state index contributed by atoms with van der Waals surface area (Å²) in [4.78, 5) is 50.0. The Labute approximate surface area is 252 Å². The van der Waals surface area contributed by atoms with E-state index in [1.807, 2.05) is 28.8 Å². The molecular formula is C27H28N10O6S. The van der Waals surface area contributed by atoms with Gasteiger partial charge in [-0.15, -0.1) is 11.3 Å². The Morgan fingerprint density at radius 3 is 2.82 bits per heavy atom. The lowest BCUT2D eigenvalue weighted by molar-refractivity contribution is -0.120. The van der Waals surface area contributed by atoms with Gasteiger partial charge >= 0.3 is 5.69 Å². The molecule has 228 valence electrons. The molecule has 2 aliphatic heterocycles. The Bertz CT molecular complexity index is 1880. The van der Waals surface area contributed by atoms with E-state index >= 15 is 0 Å². The van der Waals surface area contributed by atoms with E-state index in [0.717, 1.165) is 15.2 Å². The number of nitrogens with zero attached hydrogens (tertiary/aromatic N) is 8. The van der Waals surface area contributed by atoms with Crippen molar-refractivity contribution in [2.45, 2.75) is 31.1 Å². The van der Waals surface area contributed by atoms with Crippen molar-refractivity contribution in [1.82, 2.24) is 39.4 Å². The fourth-order valence-corrected chi connectivity index (χ4v) is 6.33. The van der Waals surface area contributed by atoms with Crippen LogP contribution in [0.3, 0.4) is 0 Å². The van der Waals surface area contributed by atoms with E-state index in [4.69, 9.17) is 19.4 Å². The van der Waals surface area contributed by atoms with Gasteiger partial charge in [0.15, 0.2) is 23.2 Å². The van der Waals surface area contributed by atoms with Gasteiger partial charge in [0, 0.05) is 26.4 Å². The van der Waals surface area contributed by atoms with Crippen LogP contribution in [-0.4, -0.2) is 102 Å². The lowest BCUT2D eigenvalue weighted by Crippen LogP contribution is -2.48. The number of aliphatic hydroxyl groups excluding tert-OH is 2. The third-order valence-corrected chi connectivity index (χ3v) is 8.55. The highest BCUT2D eigenvalue weighted by Gasteiger charge is 2.45. The van der Waals surface area contributed by atoms with E-state index in [-0.39, 0.29) is 18.3 Å². The molecule has 2 fully saturated rings. The van der Waals surface area contributed by atoms with Gasteiger partial charge in [-0.2, -0.15) is 15.0 Å². The monoisotopic (exact) mass is 620 g/mol. The van der Waals surface area contributed by atoms with Gasteiger partial charge in [-0.3, -0.25) is 9.36 Å². The quantitative estimate of drug-likeness (QED) is 0.181. The van der Waals surface area contributed by atoms with E-state index in [9.17, 15) is 19.8 Å². The van der Waals surface area contributed by atoms with Crippen molar-refractivity contribution in [3.63, 3.8) is 0 Å². The molecule has 0 bridgehead atoms. The standard InChI is InChI=1S/C27H28N10O6S/c1-42-22-21(40)15(12-38)43-25(22)37-8-6-17(32-27(37)41)31-23-20-24(34-26(33-23)35-9-7-28-18(39)10-35)36(13-29-20)11-19-30-14-4-2-3-5-16(14)44-19/h2-6,8,13,15,21-22,25,38,40H,7,9-12H2,1H3,(H,28,39)(H,31,32,33,34,41)/t15-,21-,22-,25?/m1/s1. The third kappa shape index (κ3) is 5.13. The number of carbonyl (C=O) groups is 1. The zero-order valence-corrected chi connectivity index (χ0v) is 24.2. The van der Waals surface area contributed by atoms with Crippen molar-refractivity contribution in [1.29, 1.82) is 0 Å². The molecular weight excluding hydrogens is 592 g/mol. The molecule has 0 spiro atoms. The molecule has 4 atom stereocenters. The van der Waals surface area contributed by atoms with Crippen LogP contribution < -0.4 is 21.2 Å². The molecule has 4 N–H and O–H groups in total. The summed E-state index contributed by atoms with van der Waals surface area (Å²) >= 11 is 1.58. The molecule has 16 nitrogen and oxygen atoms in total. The van der Waals surface area contributed by atoms with Crippen LogP contribution in [0.1, 0.15) is 11.2 Å². The first-order chi connectivity index (χ1) is 21.4. The Morgan fingerprint density at radius 1 is 1.18 bits per heavy atom. The Balaban J connectivity index is 1.23. The maximum atomic E-state index is 13.1. The molecule has 2 aliphatic rings. The first-order valence-electron chi connectivity index (χ1n) is 13.8. The van der Waals surface area contributed by atoms with Crippen molar-refractivity contribution >= 4 is 56.2 Å². The number of aromatic nitrogens is 7. The van der Waals surface area contributed by atoms with Gasteiger partial charge in [-0.1, -0.05) is 12.1 Å². The number of amides is 1. The first-order valence-corrected chi connectivity index (χ1v) is 14.7. The second-order valence-electron chi connectivity index (χ2n) is 10.3. The number of rotatable bonds is 8. The molecule has 44 heavy (non-hydrogen) atoms. The molecule has 1 amide bonds. The maximum Gasteiger partial charge on any atom is 0.351 e. The van der Waals surface area contributed by atoms with Gasteiger partial charge < -0.3 is 39.8 Å². The van der Waals surface area contributed by atoms with E-state index in [0.29, 0.717) is 42.6 Å². The minimum absolute atomic E-state index is 0.0913. The predicted molar refractivity (Wildman–Crippen MR) is 159 cm³/mol. The van der Waals surface area contributed by atoms with Crippen LogP contribution >= 0.6 is 11.3 Å². The minimum atomic E-state index is -1.12. The number of ether oxygens (including phenoxy) is 2. The van der Waals surface area contributed by atoms with E-state index < -0.39 is 36.8 Å². The second kappa shape index (κ2) is 11.5. The molecule has 0 radical (unpaired) electrons. The van der Waals surface area contributed by atoms with E-state index in [1.54, 1.807) is 28.6 Å². The summed E-state index contributed by atoms with van der Waals surface area (Å²) in [5, 5.41) is 26.7. The van der Waals surface area contributed by atoms with E-state index in [2.05, 4.69) is 25.6 Å². The van der Waals surface area contributed by atoms with Gasteiger partial charge in [0.25, 0.3) is 0 Å². The zero-order chi connectivity index (χ0) is 30.4. The average molecular weight is 621 g/mol. The molecule has 1 aromatic carbocycles. The van der Waals surface area contributed by atoms with Gasteiger partial charge in [0.1, 0.15) is 29.1 Å². The Morgan fingerprint density at radius 2 is 2.05 bits per heavy atom. The molecule has 4 aromatic heterocycles. The van der Waals surface area contributed by atoms with Crippen molar-refractivity contribution in [2.75, 3.05) is 43.6 Å². The summed E-state index contributed by atoms with van der Waals surface area (Å²) in [7, 11) is 1.39. The largest absolute Gasteiger partial charge is 0.394 e. The highest BCUT2D eigenvalue weighted by atomic mass is 32.1. The Hall–Kier alpha value is -4.55. The summed E-state index contributed by atoms with van der Waals surface area (Å²) in [5.41, 5.74) is 1.19. The fraction of sp³-hybridized carbons (Fsp3) is 0.370. The minimum Gasteiger partial charge on any atom is -0.394 e. The van der Waals surface area contributed by atoms with Crippen molar-refractivity contribution in [3.05, 3.63) is 58.3 Å². The van der Waals surface area contributed by atoms with Gasteiger partial charge in [-0.05, 0) is 18.2 Å². The van der Waals surface area contributed by atoms with Crippen molar-refractivity contribution < 1.29 is 24.5 Å². The normalized spacial score (nSPS) is 22.2. The number of nitrogens with one attached hydrogen (secondary N) is 2. The molecule has 17 heteroatoms. The van der Waals surface area contributed by atoms with E-state index in [1.165, 1.54) is 17.9 Å². The summed E-state index contributed by atoms with van der Waals surface area (Å²) in [6, 6.07) is 9.46. The van der Waals surface area contributed by atoms with Crippen LogP contribution in [0, 0.1) is 0 Å². The third-order valence-electron chi connectivity index (χ3n) is 7.53. The SMILES string of the molecule is CO[C@H]1C(n2ccc(Nc3nc(N4CCNC(=O)C4)nc4c3ncn4Cc3nc4ccccc4s3)nc2=O)O[C@H](CO)[C@H]1O. The maximum absolute atomic E-state index is 13.1. The number of anilines is 3. The van der Waals surface area contributed by atoms with Gasteiger partial charge in [0.05, 0.1) is 36.2 Å². The number of carbonyl (C=O) groups excluding carboxylic acids is 1. The summed E-state index contributed by atoms with van der Waals surface area (Å²) < 4.78 is 15.1. The lowest BCUT2D eigenvalue weighted by atomic mass is 10.1. The number of para-hydroxylation sites is 1. The number of piperazine rings is 1. The molecule has 7 rings (SSSR count). The summed E-state index contributed by atoms with van der Waals surface area (Å²) in [6.45, 7) is 1.04. The van der Waals surface area contributed by atoms with Crippen LogP contribution in [0.5, 0.6) is 0 Å². The number of hydrogen-bond donors (Lipinski definition) is 4. The number of fused-ring (bicyclic) bond motifs is 2. The topological polar surface area (TPSA) is 195 Å². The number of benzene rings is 1. The van der Waals surface area contributed by atoms with Gasteiger partial charge in [-0.25, -0.2) is 14.8 Å². The first kappa shape index (κ1) is 28.2. The van der Waals surface area contributed by atoms with Crippen LogP contribution in [-0.2, 0) is 20.8 Å². The number of imidazole rings is 1. The van der Waals surface area contributed by atoms with Crippen molar-refractivity contribution in [2.24, 2.45) is 0 Å². The van der Waals surface area contributed by atoms with Crippen LogP contribution in [0.15, 0.2) is 47.7 Å². The number of methoxy groups -OCH3 is 1. The average Bonchev–Trinajstić information content (AvgIpc) is 3.72. The van der Waals surface area contributed by atoms with Crippen LogP contribution in [0.25, 0.3) is 21.4 Å². The molecule has 1 unspecified atom stereocenters. The number of aliphatic hydroxyl groups is 2. The van der Waals surface area contributed by atoms with Crippen molar-refractivity contribution in [3.8, 4) is 0 Å². The fourth-order valence-electron chi connectivity index (χ4n) is 5.36. The smallest absolute Gasteiger partial charge is 0.351 e. The molecule has 6 heterocycles. The van der Waals surface area contributed by atoms with Gasteiger partial charge in [0.2, 0.25) is 11.9 Å². The summed E-state index contributed by atoms with van der Waals surface area (Å²) in [6.07, 6.45) is -0.780. The van der Waals surface area contributed by atoms with Crippen LogP contribution in [0.2, 0.25) is 0 Å². The second-order valence-corrected chi connectivity index (χ2v) is 11.4. The zero-order valence-electron chi connectivity index (χ0n) is 23.4. The molecule has 0 aliphatic carbocycles. The summed E-state index contributed by atoms with van der Waals surface area (Å²) in [5.74, 6) is 0.659. The highest BCUT2D eigenvalue weighted by Crippen LogP contribution is 2.31. The Kier molecular flexibility index (Phi) is 7.39. The van der Waals surface area contributed by atoms with Crippen LogP contribution in [0.4, 0.5) is 17.6 Å². The lowest BCUT2D eigenvalue weighted by Gasteiger charge is -2.27. The molecule has 2 saturated heterocycles. The number of thiazole rings is 1. The number of hydrogen-bond acceptors (Lipinski definition) is 14.